The highest BCUT2D eigenvalue weighted by Gasteiger charge is 2.16. The van der Waals surface area contributed by atoms with E-state index in [4.69, 9.17) is 15.0 Å². The maximum absolute atomic E-state index is 11.4. The highest BCUT2D eigenvalue weighted by molar-refractivity contribution is 5.67. The summed E-state index contributed by atoms with van der Waals surface area (Å²) in [6, 6.07) is -0.251. The van der Waals surface area contributed by atoms with Crippen molar-refractivity contribution in [1.29, 1.82) is 0 Å². The fraction of sp³-hybridized carbons (Fsp3) is 0.786. The van der Waals surface area contributed by atoms with Crippen LogP contribution in [0.5, 0.6) is 0 Å². The molecule has 7 nitrogen and oxygen atoms in total. The van der Waals surface area contributed by atoms with Gasteiger partial charge < -0.3 is 20.3 Å². The van der Waals surface area contributed by atoms with Crippen LogP contribution >= 0.6 is 0 Å². The van der Waals surface area contributed by atoms with Crippen LogP contribution < -0.4 is 11.1 Å². The number of unbranched alkanes of at least 4 members (excludes halogenated alkanes) is 1. The minimum atomic E-state index is -0.471. The minimum absolute atomic E-state index is 0.251. The van der Waals surface area contributed by atoms with Crippen molar-refractivity contribution in [3.63, 3.8) is 0 Å². The molecule has 3 N–H and O–H groups in total. The first-order valence-electron chi connectivity index (χ1n) is 7.36. The number of aromatic nitrogens is 2. The van der Waals surface area contributed by atoms with Gasteiger partial charge in [0.1, 0.15) is 5.60 Å². The number of carbonyl (C=O) groups is 1. The van der Waals surface area contributed by atoms with Crippen molar-refractivity contribution in [2.75, 3.05) is 6.54 Å². The van der Waals surface area contributed by atoms with Gasteiger partial charge in [-0.1, -0.05) is 12.1 Å². The van der Waals surface area contributed by atoms with Crippen LogP contribution in [0.25, 0.3) is 0 Å². The van der Waals surface area contributed by atoms with Gasteiger partial charge in [-0.25, -0.2) is 4.79 Å². The molecule has 21 heavy (non-hydrogen) atoms. The Hall–Kier alpha value is -1.63. The van der Waals surface area contributed by atoms with Crippen LogP contribution in [-0.4, -0.2) is 28.4 Å². The summed E-state index contributed by atoms with van der Waals surface area (Å²) in [5.74, 6) is 1.15. The maximum Gasteiger partial charge on any atom is 0.407 e. The van der Waals surface area contributed by atoms with Gasteiger partial charge in [0.25, 0.3) is 0 Å². The van der Waals surface area contributed by atoms with Crippen LogP contribution in [0.4, 0.5) is 4.79 Å². The fourth-order valence-corrected chi connectivity index (χ4v) is 1.68. The second-order valence-electron chi connectivity index (χ2n) is 5.93. The van der Waals surface area contributed by atoms with Crippen LogP contribution in [-0.2, 0) is 11.2 Å². The lowest BCUT2D eigenvalue weighted by molar-refractivity contribution is 0.0527. The first-order valence-corrected chi connectivity index (χ1v) is 7.36. The van der Waals surface area contributed by atoms with Crippen LogP contribution in [0, 0.1) is 0 Å². The van der Waals surface area contributed by atoms with Crippen molar-refractivity contribution in [2.45, 2.75) is 65.0 Å². The molecular formula is C14H26N4O3. The Kier molecular flexibility index (Phi) is 6.61. The first-order chi connectivity index (χ1) is 9.81. The van der Waals surface area contributed by atoms with Gasteiger partial charge in [0.05, 0.1) is 6.04 Å². The van der Waals surface area contributed by atoms with E-state index in [0.29, 0.717) is 18.3 Å². The van der Waals surface area contributed by atoms with Crippen LogP contribution in [0.15, 0.2) is 4.52 Å². The van der Waals surface area contributed by atoms with Crippen molar-refractivity contribution in [1.82, 2.24) is 15.5 Å². The largest absolute Gasteiger partial charge is 0.444 e. The summed E-state index contributed by atoms with van der Waals surface area (Å²) in [5.41, 5.74) is 5.51. The number of carbonyl (C=O) groups excluding carboxylic acids is 1. The topological polar surface area (TPSA) is 103 Å². The third-order valence-corrected chi connectivity index (χ3v) is 2.73. The molecule has 120 valence electrons. The number of hydrogen-bond donors (Lipinski definition) is 2. The quantitative estimate of drug-likeness (QED) is 0.749. The average Bonchev–Trinajstić information content (AvgIpc) is 2.84. The third-order valence-electron chi connectivity index (χ3n) is 2.73. The number of rotatable bonds is 7. The minimum Gasteiger partial charge on any atom is -0.444 e. The summed E-state index contributed by atoms with van der Waals surface area (Å²) in [5, 5.41) is 6.53. The molecule has 0 aliphatic rings. The van der Waals surface area contributed by atoms with Crippen molar-refractivity contribution < 1.29 is 14.1 Å². The van der Waals surface area contributed by atoms with E-state index in [1.807, 2.05) is 27.7 Å². The molecule has 0 fully saturated rings. The summed E-state index contributed by atoms with van der Waals surface area (Å²) in [4.78, 5) is 15.6. The molecule has 0 spiro atoms. The molecule has 1 amide bonds. The highest BCUT2D eigenvalue weighted by atomic mass is 16.6. The summed E-state index contributed by atoms with van der Waals surface area (Å²) < 4.78 is 10.2. The lowest BCUT2D eigenvalue weighted by atomic mass is 10.1. The van der Waals surface area contributed by atoms with E-state index in [2.05, 4.69) is 15.5 Å². The molecule has 0 saturated heterocycles. The second kappa shape index (κ2) is 7.97. The Morgan fingerprint density at radius 3 is 2.71 bits per heavy atom. The normalized spacial score (nSPS) is 13.0. The molecule has 1 atom stereocenters. The Morgan fingerprint density at radius 1 is 1.43 bits per heavy atom. The van der Waals surface area contributed by atoms with Gasteiger partial charge in [0.15, 0.2) is 5.82 Å². The van der Waals surface area contributed by atoms with Crippen molar-refractivity contribution in [2.24, 2.45) is 5.73 Å². The molecule has 1 rings (SSSR count). The predicted molar refractivity (Wildman–Crippen MR) is 78.7 cm³/mol. The Balaban J connectivity index is 2.15. The number of hydrogen-bond acceptors (Lipinski definition) is 6. The molecule has 0 aliphatic heterocycles. The molecule has 7 heteroatoms. The standard InChI is InChI=1S/C14H26N4O3/c1-5-11-17-12(21-18-11)10(15)8-6-7-9-16-13(19)20-14(2,3)4/h10H,5-9,15H2,1-4H3,(H,16,19)/t10-/m0/s1. The van der Waals surface area contributed by atoms with Gasteiger partial charge in [0, 0.05) is 13.0 Å². The van der Waals surface area contributed by atoms with Crippen molar-refractivity contribution in [3.05, 3.63) is 11.7 Å². The highest BCUT2D eigenvalue weighted by Crippen LogP contribution is 2.14. The fourth-order valence-electron chi connectivity index (χ4n) is 1.68. The first kappa shape index (κ1) is 17.4. The number of nitrogens with zero attached hydrogens (tertiary/aromatic N) is 2. The third kappa shape index (κ3) is 7.08. The number of amides is 1. The van der Waals surface area contributed by atoms with Crippen molar-refractivity contribution >= 4 is 6.09 Å². The molecule has 0 aliphatic carbocycles. The smallest absolute Gasteiger partial charge is 0.407 e. The van der Waals surface area contributed by atoms with E-state index in [1.54, 1.807) is 0 Å². The number of nitrogens with one attached hydrogen (secondary N) is 1. The zero-order valence-corrected chi connectivity index (χ0v) is 13.3. The zero-order valence-electron chi connectivity index (χ0n) is 13.3. The van der Waals surface area contributed by atoms with E-state index >= 15 is 0 Å². The van der Waals surface area contributed by atoms with Crippen molar-refractivity contribution in [3.8, 4) is 0 Å². The number of aryl methyl sites for hydroxylation is 1. The van der Waals surface area contributed by atoms with Crippen LogP contribution in [0.3, 0.4) is 0 Å². The van der Waals surface area contributed by atoms with Gasteiger partial charge in [-0.15, -0.1) is 0 Å². The summed E-state index contributed by atoms with van der Waals surface area (Å²) in [7, 11) is 0. The molecular weight excluding hydrogens is 272 g/mol. The Labute approximate surface area is 125 Å². The van der Waals surface area contributed by atoms with Crippen LogP contribution in [0.1, 0.15) is 64.7 Å². The van der Waals surface area contributed by atoms with Gasteiger partial charge in [-0.05, 0) is 40.0 Å². The second-order valence-corrected chi connectivity index (χ2v) is 5.93. The predicted octanol–water partition coefficient (Wildman–Crippen LogP) is 2.33. The average molecular weight is 298 g/mol. The van der Waals surface area contributed by atoms with E-state index in [9.17, 15) is 4.79 Å². The molecule has 0 radical (unpaired) electrons. The van der Waals surface area contributed by atoms with E-state index < -0.39 is 11.7 Å². The SMILES string of the molecule is CCc1noc([C@@H](N)CCCCNC(=O)OC(C)(C)C)n1. The monoisotopic (exact) mass is 298 g/mol. The van der Waals surface area contributed by atoms with E-state index in [-0.39, 0.29) is 6.04 Å². The molecule has 0 saturated carbocycles. The van der Waals surface area contributed by atoms with E-state index in [0.717, 1.165) is 25.7 Å². The molecule has 0 aromatic carbocycles. The zero-order chi connectivity index (χ0) is 15.9. The van der Waals surface area contributed by atoms with Gasteiger partial charge >= 0.3 is 6.09 Å². The Morgan fingerprint density at radius 2 is 2.14 bits per heavy atom. The lowest BCUT2D eigenvalue weighted by Crippen LogP contribution is -2.33. The summed E-state index contributed by atoms with van der Waals surface area (Å²) in [6.45, 7) is 8.02. The van der Waals surface area contributed by atoms with Gasteiger partial charge in [-0.3, -0.25) is 0 Å². The molecule has 0 unspecified atom stereocenters. The Bertz CT molecular complexity index is 440. The van der Waals surface area contributed by atoms with Crippen LogP contribution in [0.2, 0.25) is 0 Å². The molecule has 1 heterocycles. The lowest BCUT2D eigenvalue weighted by Gasteiger charge is -2.19. The van der Waals surface area contributed by atoms with Gasteiger partial charge in [-0.2, -0.15) is 4.98 Å². The summed E-state index contributed by atoms with van der Waals surface area (Å²) in [6.07, 6.45) is 2.76. The molecule has 0 bridgehead atoms. The maximum atomic E-state index is 11.4. The number of alkyl carbamates (subject to hydrolysis) is 1. The summed E-state index contributed by atoms with van der Waals surface area (Å²) >= 11 is 0. The van der Waals surface area contributed by atoms with Gasteiger partial charge in [0.2, 0.25) is 5.89 Å². The number of ether oxygens (including phenoxy) is 1. The number of nitrogens with two attached hydrogens (primary N) is 1. The molecule has 1 aromatic heterocycles. The molecule has 1 aromatic rings. The van der Waals surface area contributed by atoms with E-state index in [1.165, 1.54) is 0 Å².